The molecule has 0 bridgehead atoms. The summed E-state index contributed by atoms with van der Waals surface area (Å²) in [5.41, 5.74) is 1.39. The molecule has 0 unspecified atom stereocenters. The molecule has 1 aliphatic heterocycles. The molecule has 0 aromatic heterocycles. The topological polar surface area (TPSA) is 37.4 Å². The molecule has 0 aliphatic carbocycles. The molecule has 3 heteroatoms. The van der Waals surface area contributed by atoms with Gasteiger partial charge >= 0.3 is 0 Å². The zero-order valence-corrected chi connectivity index (χ0v) is 7.28. The number of carbonyl (C=O) groups excluding carboxylic acids is 2. The number of rotatable bonds is 0. The van der Waals surface area contributed by atoms with Crippen molar-refractivity contribution < 1.29 is 9.59 Å². The summed E-state index contributed by atoms with van der Waals surface area (Å²) in [6.45, 7) is 1.66. The molecule has 0 saturated carbocycles. The molecular weight excluding hydrogens is 166 g/mol. The average molecular weight is 175 g/mol. The van der Waals surface area contributed by atoms with E-state index in [1.54, 1.807) is 18.2 Å². The predicted molar refractivity (Wildman–Crippen MR) is 48.8 cm³/mol. The molecule has 1 aromatic rings. The Kier molecular flexibility index (Phi) is 1.65. The number of benzene rings is 1. The van der Waals surface area contributed by atoms with Crippen LogP contribution in [-0.4, -0.2) is 18.2 Å². The highest BCUT2D eigenvalue weighted by atomic mass is 16.2. The van der Waals surface area contributed by atoms with E-state index in [2.05, 4.69) is 0 Å². The lowest BCUT2D eigenvalue weighted by Gasteiger charge is -2.12. The van der Waals surface area contributed by atoms with E-state index in [9.17, 15) is 9.59 Å². The molecule has 0 spiro atoms. The summed E-state index contributed by atoms with van der Waals surface area (Å²) >= 11 is 0. The molecule has 1 amide bonds. The van der Waals surface area contributed by atoms with Crippen molar-refractivity contribution in [1.29, 1.82) is 0 Å². The van der Waals surface area contributed by atoms with Crippen LogP contribution in [-0.2, 0) is 4.79 Å². The van der Waals surface area contributed by atoms with E-state index in [0.717, 1.165) is 5.69 Å². The second-order valence-electron chi connectivity index (χ2n) is 3.05. The summed E-state index contributed by atoms with van der Waals surface area (Å²) in [6.07, 6.45) is 0. The van der Waals surface area contributed by atoms with E-state index in [4.69, 9.17) is 0 Å². The van der Waals surface area contributed by atoms with E-state index in [-0.39, 0.29) is 18.2 Å². The van der Waals surface area contributed by atoms with Gasteiger partial charge in [0.1, 0.15) is 0 Å². The molecule has 0 radical (unpaired) electrons. The zero-order chi connectivity index (χ0) is 9.42. The molecule has 0 N–H and O–H groups in total. The van der Waals surface area contributed by atoms with Gasteiger partial charge in [0.25, 0.3) is 0 Å². The molecular formula is C10H9NO2. The van der Waals surface area contributed by atoms with Gasteiger partial charge in [0.2, 0.25) is 5.91 Å². The van der Waals surface area contributed by atoms with Gasteiger partial charge in [-0.25, -0.2) is 0 Å². The second-order valence-corrected chi connectivity index (χ2v) is 3.05. The lowest BCUT2D eigenvalue weighted by Crippen LogP contribution is -2.27. The number of Topliss-reactive ketones (excluding diaryl/α,β-unsaturated/α-hetero) is 1. The molecule has 1 aromatic carbocycles. The molecule has 1 aliphatic rings. The SMILES string of the molecule is CC(=O)N1CC(=O)c2ccccc21. The molecule has 0 fully saturated rings. The van der Waals surface area contributed by atoms with Crippen LogP contribution in [0.4, 0.5) is 5.69 Å². The first-order valence-corrected chi connectivity index (χ1v) is 4.10. The maximum Gasteiger partial charge on any atom is 0.224 e. The van der Waals surface area contributed by atoms with Gasteiger partial charge in [-0.1, -0.05) is 12.1 Å². The van der Waals surface area contributed by atoms with Crippen LogP contribution in [0, 0.1) is 0 Å². The van der Waals surface area contributed by atoms with E-state index >= 15 is 0 Å². The highest BCUT2D eigenvalue weighted by Crippen LogP contribution is 2.27. The minimum atomic E-state index is -0.0849. The van der Waals surface area contributed by atoms with Crippen LogP contribution >= 0.6 is 0 Å². The number of fused-ring (bicyclic) bond motifs is 1. The number of hydrogen-bond acceptors (Lipinski definition) is 2. The number of ketones is 1. The monoisotopic (exact) mass is 175 g/mol. The Morgan fingerprint density at radius 2 is 2.08 bits per heavy atom. The number of carbonyl (C=O) groups is 2. The normalized spacial score (nSPS) is 14.5. The third-order valence-corrected chi connectivity index (χ3v) is 2.18. The van der Waals surface area contributed by atoms with Crippen LogP contribution in [0.5, 0.6) is 0 Å². The van der Waals surface area contributed by atoms with Gasteiger partial charge in [0.15, 0.2) is 5.78 Å². The van der Waals surface area contributed by atoms with Gasteiger partial charge in [0, 0.05) is 12.5 Å². The minimum absolute atomic E-state index is 0.0193. The van der Waals surface area contributed by atoms with Gasteiger partial charge in [-0.3, -0.25) is 9.59 Å². The minimum Gasteiger partial charge on any atom is -0.304 e. The molecule has 13 heavy (non-hydrogen) atoms. The Bertz CT molecular complexity index is 384. The van der Waals surface area contributed by atoms with Crippen molar-refractivity contribution in [1.82, 2.24) is 0 Å². The van der Waals surface area contributed by atoms with E-state index in [1.807, 2.05) is 6.07 Å². The van der Waals surface area contributed by atoms with Crippen LogP contribution in [0.2, 0.25) is 0 Å². The molecule has 1 heterocycles. The zero-order valence-electron chi connectivity index (χ0n) is 7.28. The van der Waals surface area contributed by atoms with Crippen molar-refractivity contribution in [3.63, 3.8) is 0 Å². The molecule has 2 rings (SSSR count). The van der Waals surface area contributed by atoms with E-state index in [1.165, 1.54) is 11.8 Å². The second kappa shape index (κ2) is 2.69. The van der Waals surface area contributed by atoms with Crippen molar-refractivity contribution in [2.24, 2.45) is 0 Å². The standard InChI is InChI=1S/C10H9NO2/c1-7(12)11-6-10(13)8-4-2-3-5-9(8)11/h2-5H,6H2,1H3. The molecule has 66 valence electrons. The van der Waals surface area contributed by atoms with Crippen molar-refractivity contribution >= 4 is 17.4 Å². The molecule has 0 atom stereocenters. The maximum absolute atomic E-state index is 11.4. The number of nitrogens with zero attached hydrogens (tertiary/aromatic N) is 1. The van der Waals surface area contributed by atoms with Gasteiger partial charge in [0.05, 0.1) is 12.2 Å². The van der Waals surface area contributed by atoms with Crippen molar-refractivity contribution in [3.05, 3.63) is 29.8 Å². The van der Waals surface area contributed by atoms with Crippen molar-refractivity contribution in [2.75, 3.05) is 11.4 Å². The fourth-order valence-corrected chi connectivity index (χ4v) is 1.54. The maximum atomic E-state index is 11.4. The highest BCUT2D eigenvalue weighted by Gasteiger charge is 2.27. The Morgan fingerprint density at radius 3 is 2.77 bits per heavy atom. The number of hydrogen-bond donors (Lipinski definition) is 0. The molecule has 0 saturated heterocycles. The van der Waals surface area contributed by atoms with Gasteiger partial charge < -0.3 is 4.90 Å². The third-order valence-electron chi connectivity index (χ3n) is 2.18. The highest BCUT2D eigenvalue weighted by molar-refractivity contribution is 6.15. The number of anilines is 1. The van der Waals surface area contributed by atoms with Gasteiger partial charge in [-0.2, -0.15) is 0 Å². The van der Waals surface area contributed by atoms with Crippen LogP contribution in [0.25, 0.3) is 0 Å². The van der Waals surface area contributed by atoms with Crippen molar-refractivity contribution in [2.45, 2.75) is 6.92 Å². The lowest BCUT2D eigenvalue weighted by atomic mass is 10.1. The van der Waals surface area contributed by atoms with Gasteiger partial charge in [-0.15, -0.1) is 0 Å². The Morgan fingerprint density at radius 1 is 1.38 bits per heavy atom. The summed E-state index contributed by atoms with van der Waals surface area (Å²) in [4.78, 5) is 24.0. The van der Waals surface area contributed by atoms with E-state index in [0.29, 0.717) is 5.56 Å². The largest absolute Gasteiger partial charge is 0.304 e. The first-order valence-electron chi connectivity index (χ1n) is 4.10. The van der Waals surface area contributed by atoms with Crippen molar-refractivity contribution in [3.8, 4) is 0 Å². The Labute approximate surface area is 76.0 Å². The summed E-state index contributed by atoms with van der Waals surface area (Å²) < 4.78 is 0. The first-order chi connectivity index (χ1) is 6.20. The smallest absolute Gasteiger partial charge is 0.224 e. The summed E-state index contributed by atoms with van der Waals surface area (Å²) in [7, 11) is 0. The predicted octanol–water partition coefficient (Wildman–Crippen LogP) is 1.24. The first kappa shape index (κ1) is 7.98. The van der Waals surface area contributed by atoms with Crippen LogP contribution in [0.15, 0.2) is 24.3 Å². The summed E-state index contributed by atoms with van der Waals surface area (Å²) in [6, 6.07) is 7.18. The summed E-state index contributed by atoms with van der Waals surface area (Å²) in [5, 5.41) is 0. The number of amides is 1. The fraction of sp³-hybridized carbons (Fsp3) is 0.200. The van der Waals surface area contributed by atoms with Crippen LogP contribution < -0.4 is 4.90 Å². The Balaban J connectivity index is 2.53. The Hall–Kier alpha value is -1.64. The quantitative estimate of drug-likeness (QED) is 0.594. The lowest BCUT2D eigenvalue weighted by molar-refractivity contribution is -0.116. The van der Waals surface area contributed by atoms with E-state index < -0.39 is 0 Å². The third kappa shape index (κ3) is 1.13. The molecule has 3 nitrogen and oxygen atoms in total. The number of para-hydroxylation sites is 1. The van der Waals surface area contributed by atoms with Crippen LogP contribution in [0.1, 0.15) is 17.3 Å². The fourth-order valence-electron chi connectivity index (χ4n) is 1.54. The van der Waals surface area contributed by atoms with Crippen LogP contribution in [0.3, 0.4) is 0 Å². The summed E-state index contributed by atoms with van der Waals surface area (Å²) in [5.74, 6) is -0.0656. The van der Waals surface area contributed by atoms with Gasteiger partial charge in [-0.05, 0) is 12.1 Å². The average Bonchev–Trinajstić information content (AvgIpc) is 2.45.